The van der Waals surface area contributed by atoms with Gasteiger partial charge in [0.15, 0.2) is 0 Å². The third-order valence-electron chi connectivity index (χ3n) is 6.88. The molecule has 2 aromatic heterocycles. The van der Waals surface area contributed by atoms with Crippen molar-refractivity contribution < 1.29 is 4.39 Å². The molecule has 3 heterocycles. The average molecular weight is 515 g/mol. The first kappa shape index (κ1) is 27.3. The molecular weight excluding hydrogens is 479 g/mol. The molecule has 0 radical (unpaired) electrons. The Morgan fingerprint density at radius 3 is 2.57 bits per heavy atom. The number of allylic oxidation sites excluding steroid dienone is 5. The molecular formula is C28H36ClFN4S. The van der Waals surface area contributed by atoms with Gasteiger partial charge in [-0.25, -0.2) is 14.4 Å². The van der Waals surface area contributed by atoms with Gasteiger partial charge in [-0.05, 0) is 75.3 Å². The lowest BCUT2D eigenvalue weighted by atomic mass is 9.73. The van der Waals surface area contributed by atoms with Crippen LogP contribution in [0.15, 0.2) is 65.0 Å². The Bertz CT molecular complexity index is 1120. The van der Waals surface area contributed by atoms with Gasteiger partial charge in [0.05, 0.1) is 10.7 Å². The van der Waals surface area contributed by atoms with Gasteiger partial charge in [-0.2, -0.15) is 0 Å². The van der Waals surface area contributed by atoms with Crippen molar-refractivity contribution in [2.75, 3.05) is 22.7 Å². The van der Waals surface area contributed by atoms with Crippen LogP contribution in [0.1, 0.15) is 66.0 Å². The number of nitrogens with zero attached hydrogens (tertiary/aromatic N) is 3. The number of nitrogens with one attached hydrogen (secondary N) is 1. The number of pyridine rings is 2. The quantitative estimate of drug-likeness (QED) is 0.205. The molecule has 1 aliphatic rings. The summed E-state index contributed by atoms with van der Waals surface area (Å²) >= 11 is 7.79. The van der Waals surface area contributed by atoms with Crippen LogP contribution >= 0.6 is 23.5 Å². The van der Waals surface area contributed by atoms with Crippen LogP contribution in [0.4, 0.5) is 16.0 Å². The highest BCUT2D eigenvalue weighted by atomic mass is 35.5. The maximum atomic E-state index is 13.9. The van der Waals surface area contributed by atoms with E-state index in [2.05, 4.69) is 41.1 Å². The van der Waals surface area contributed by atoms with Crippen molar-refractivity contribution in [2.45, 2.75) is 65.3 Å². The van der Waals surface area contributed by atoms with Gasteiger partial charge in [-0.15, -0.1) is 0 Å². The predicted molar refractivity (Wildman–Crippen MR) is 150 cm³/mol. The maximum Gasteiger partial charge on any atom is 0.136 e. The molecule has 35 heavy (non-hydrogen) atoms. The molecule has 0 spiro atoms. The van der Waals surface area contributed by atoms with E-state index in [0.29, 0.717) is 27.7 Å². The van der Waals surface area contributed by atoms with E-state index >= 15 is 0 Å². The zero-order valence-electron chi connectivity index (χ0n) is 21.4. The molecule has 0 amide bonds. The van der Waals surface area contributed by atoms with E-state index < -0.39 is 0 Å². The van der Waals surface area contributed by atoms with Crippen molar-refractivity contribution in [3.05, 3.63) is 70.7 Å². The Hall–Kier alpha value is -2.31. The van der Waals surface area contributed by atoms with E-state index in [1.165, 1.54) is 24.4 Å². The van der Waals surface area contributed by atoms with Crippen molar-refractivity contribution in [1.82, 2.24) is 9.97 Å². The van der Waals surface area contributed by atoms with E-state index in [1.807, 2.05) is 31.2 Å². The third-order valence-corrected chi connectivity index (χ3v) is 7.93. The van der Waals surface area contributed by atoms with Crippen LogP contribution in [-0.4, -0.2) is 23.1 Å². The van der Waals surface area contributed by atoms with Crippen LogP contribution in [0.5, 0.6) is 0 Å². The smallest absolute Gasteiger partial charge is 0.136 e. The van der Waals surface area contributed by atoms with Crippen LogP contribution in [0, 0.1) is 5.41 Å². The van der Waals surface area contributed by atoms with Gasteiger partial charge < -0.3 is 9.62 Å². The molecule has 0 saturated carbocycles. The molecule has 1 aliphatic heterocycles. The lowest BCUT2D eigenvalue weighted by molar-refractivity contribution is 0.295. The van der Waals surface area contributed by atoms with E-state index in [1.54, 1.807) is 13.0 Å². The normalized spacial score (nSPS) is 16.7. The summed E-state index contributed by atoms with van der Waals surface area (Å²) in [5.74, 6) is 1.37. The lowest BCUT2D eigenvalue weighted by Gasteiger charge is -2.41. The fourth-order valence-corrected chi connectivity index (χ4v) is 5.15. The molecule has 3 rings (SSSR count). The minimum atomic E-state index is -0.252. The minimum Gasteiger partial charge on any atom is -0.357 e. The highest BCUT2D eigenvalue weighted by Gasteiger charge is 2.32. The number of halogens is 2. The Labute approximate surface area is 218 Å². The summed E-state index contributed by atoms with van der Waals surface area (Å²) in [5.41, 5.74) is 3.36. The molecule has 1 saturated heterocycles. The average Bonchev–Trinajstić information content (AvgIpc) is 2.85. The Kier molecular flexibility index (Phi) is 9.42. The van der Waals surface area contributed by atoms with Crippen LogP contribution in [0.2, 0.25) is 5.02 Å². The third kappa shape index (κ3) is 6.68. The van der Waals surface area contributed by atoms with Crippen LogP contribution < -0.4 is 9.62 Å². The molecule has 1 fully saturated rings. The highest BCUT2D eigenvalue weighted by molar-refractivity contribution is 8.00. The number of rotatable bonds is 9. The van der Waals surface area contributed by atoms with E-state index in [9.17, 15) is 4.39 Å². The molecule has 0 aromatic carbocycles. The molecule has 0 atom stereocenters. The zero-order valence-corrected chi connectivity index (χ0v) is 23.0. The van der Waals surface area contributed by atoms with E-state index in [0.717, 1.165) is 49.6 Å². The summed E-state index contributed by atoms with van der Waals surface area (Å²) in [5, 5.41) is 1.33. The monoisotopic (exact) mass is 514 g/mol. The van der Waals surface area contributed by atoms with Crippen molar-refractivity contribution in [2.24, 2.45) is 5.41 Å². The van der Waals surface area contributed by atoms with Crippen LogP contribution in [0.25, 0.3) is 5.57 Å². The molecule has 7 heteroatoms. The fourth-order valence-electron chi connectivity index (χ4n) is 4.33. The topological polar surface area (TPSA) is 41.0 Å². The van der Waals surface area contributed by atoms with E-state index in [-0.39, 0.29) is 11.2 Å². The standard InChI is InChI=1S/C28H36ClFN4S/c1-7-10-19(3)28(6)15-17-34(18-16-28)25-11-9-12-26(32-25)35-33-24-14-13-23(29)27(31-24)22(8-2)20(4)21(5)30/h8-9,11-14H,3,7,10,15-18H2,1-2,4-6H3,(H,31,33)/b21-20+,22-8+. The van der Waals surface area contributed by atoms with Gasteiger partial charge in [0, 0.05) is 30.6 Å². The SMILES string of the molecule is C=C(CCC)C1(C)CCN(c2cccc(SNc3ccc(Cl)c(C(=C/C)/C(C)=C(\C)F)n3)n2)CC1. The number of hydrogen-bond donors (Lipinski definition) is 1. The van der Waals surface area contributed by atoms with Gasteiger partial charge in [0.2, 0.25) is 0 Å². The van der Waals surface area contributed by atoms with Gasteiger partial charge in [-0.1, -0.05) is 56.2 Å². The van der Waals surface area contributed by atoms with Crippen molar-refractivity contribution in [1.29, 1.82) is 0 Å². The summed E-state index contributed by atoms with van der Waals surface area (Å²) in [4.78, 5) is 11.9. The van der Waals surface area contributed by atoms with Crippen molar-refractivity contribution >= 4 is 40.8 Å². The number of hydrogen-bond acceptors (Lipinski definition) is 5. The second kappa shape index (κ2) is 12.1. The van der Waals surface area contributed by atoms with E-state index in [4.69, 9.17) is 16.6 Å². The molecule has 0 unspecified atom stereocenters. The fraction of sp³-hybridized carbons (Fsp3) is 0.429. The zero-order chi connectivity index (χ0) is 25.6. The number of anilines is 2. The lowest BCUT2D eigenvalue weighted by Crippen LogP contribution is -2.39. The van der Waals surface area contributed by atoms with Crippen LogP contribution in [0.3, 0.4) is 0 Å². The molecule has 4 nitrogen and oxygen atoms in total. The summed E-state index contributed by atoms with van der Waals surface area (Å²) in [6.07, 6.45) is 6.28. The van der Waals surface area contributed by atoms with Gasteiger partial charge in [0.25, 0.3) is 0 Å². The second-order valence-corrected chi connectivity index (χ2v) is 10.6. The summed E-state index contributed by atoms with van der Waals surface area (Å²) in [6, 6.07) is 9.67. The minimum absolute atomic E-state index is 0.221. The molecule has 0 aliphatic carbocycles. The Morgan fingerprint density at radius 1 is 1.23 bits per heavy atom. The maximum absolute atomic E-state index is 13.9. The first-order valence-corrected chi connectivity index (χ1v) is 13.4. The number of piperidine rings is 1. The van der Waals surface area contributed by atoms with Crippen LogP contribution in [-0.2, 0) is 0 Å². The molecule has 1 N–H and O–H groups in total. The first-order chi connectivity index (χ1) is 16.7. The first-order valence-electron chi connectivity index (χ1n) is 12.2. The largest absolute Gasteiger partial charge is 0.357 e. The summed E-state index contributed by atoms with van der Waals surface area (Å²) in [6.45, 7) is 15.9. The number of aromatic nitrogens is 2. The summed E-state index contributed by atoms with van der Waals surface area (Å²) < 4.78 is 17.1. The molecule has 188 valence electrons. The van der Waals surface area contributed by atoms with Crippen molar-refractivity contribution in [3.8, 4) is 0 Å². The van der Waals surface area contributed by atoms with Crippen molar-refractivity contribution in [3.63, 3.8) is 0 Å². The molecule has 2 aromatic rings. The second-order valence-electron chi connectivity index (χ2n) is 9.33. The predicted octanol–water partition coefficient (Wildman–Crippen LogP) is 8.88. The summed E-state index contributed by atoms with van der Waals surface area (Å²) in [7, 11) is 0. The highest BCUT2D eigenvalue weighted by Crippen LogP contribution is 2.40. The van der Waals surface area contributed by atoms with Gasteiger partial charge in [0.1, 0.15) is 22.5 Å². The van der Waals surface area contributed by atoms with Gasteiger partial charge in [-0.3, -0.25) is 0 Å². The Morgan fingerprint density at radius 2 is 1.94 bits per heavy atom. The Balaban J connectivity index is 1.69. The van der Waals surface area contributed by atoms with Gasteiger partial charge >= 0.3 is 0 Å². The molecule has 0 bridgehead atoms.